The first-order valence-electron chi connectivity index (χ1n) is 5.58. The molecule has 0 aliphatic heterocycles. The van der Waals surface area contributed by atoms with Crippen LogP contribution in [0.3, 0.4) is 0 Å². The molecule has 0 amide bonds. The van der Waals surface area contributed by atoms with Crippen molar-refractivity contribution >= 4 is 23.5 Å². The Balaban J connectivity index is 2.29. The predicted molar refractivity (Wildman–Crippen MR) is 74.3 cm³/mol. The van der Waals surface area contributed by atoms with E-state index in [1.807, 2.05) is 0 Å². The number of hydrazone groups is 1. The summed E-state index contributed by atoms with van der Waals surface area (Å²) in [5.41, 5.74) is 3.63. The van der Waals surface area contributed by atoms with Gasteiger partial charge in [-0.2, -0.15) is 5.10 Å². The molecule has 17 heavy (non-hydrogen) atoms. The third-order valence-electron chi connectivity index (χ3n) is 2.09. The molecule has 0 saturated carbocycles. The van der Waals surface area contributed by atoms with Gasteiger partial charge in [-0.25, -0.2) is 0 Å². The second kappa shape index (κ2) is 7.62. The van der Waals surface area contributed by atoms with E-state index in [9.17, 15) is 0 Å². The molecule has 0 saturated heterocycles. The van der Waals surface area contributed by atoms with Crippen LogP contribution in [0.2, 0.25) is 0 Å². The summed E-state index contributed by atoms with van der Waals surface area (Å²) in [6.45, 7) is 2.98. The normalized spacial score (nSPS) is 10.4. The molecule has 0 aliphatic carbocycles. The standard InChI is InChI=1S/C12H17N3OS/c1-2-3-8-13-12(17)15-14-9-10-4-6-11(16)7-5-10/h4-7,9,16H,2-3,8H2,1H3,(H2,13,15,17). The quantitative estimate of drug-likeness (QED) is 0.324. The minimum atomic E-state index is 0.242. The Bertz CT molecular complexity index is 376. The molecule has 92 valence electrons. The van der Waals surface area contributed by atoms with E-state index in [1.165, 1.54) is 0 Å². The van der Waals surface area contributed by atoms with Gasteiger partial charge in [0.2, 0.25) is 0 Å². The number of phenolic OH excluding ortho intramolecular Hbond substituents is 1. The van der Waals surface area contributed by atoms with Gasteiger partial charge < -0.3 is 10.4 Å². The summed E-state index contributed by atoms with van der Waals surface area (Å²) in [5, 5.41) is 16.7. The predicted octanol–water partition coefficient (Wildman–Crippen LogP) is 1.99. The zero-order valence-electron chi connectivity index (χ0n) is 9.81. The van der Waals surface area contributed by atoms with Gasteiger partial charge in [0.1, 0.15) is 5.75 Å². The lowest BCUT2D eigenvalue weighted by molar-refractivity contribution is 0.475. The summed E-state index contributed by atoms with van der Waals surface area (Å²) >= 11 is 5.03. The van der Waals surface area contributed by atoms with E-state index in [1.54, 1.807) is 30.5 Å². The third-order valence-corrected chi connectivity index (χ3v) is 2.32. The molecule has 0 spiro atoms. The maximum absolute atomic E-state index is 9.10. The Morgan fingerprint density at radius 2 is 2.12 bits per heavy atom. The van der Waals surface area contributed by atoms with Crippen LogP contribution in [0.15, 0.2) is 29.4 Å². The van der Waals surface area contributed by atoms with Crippen molar-refractivity contribution in [2.24, 2.45) is 5.10 Å². The second-order valence-corrected chi connectivity index (χ2v) is 3.98. The van der Waals surface area contributed by atoms with Gasteiger partial charge in [0.25, 0.3) is 0 Å². The van der Waals surface area contributed by atoms with Crippen molar-refractivity contribution in [3.05, 3.63) is 29.8 Å². The van der Waals surface area contributed by atoms with E-state index in [2.05, 4.69) is 22.8 Å². The first-order chi connectivity index (χ1) is 8.22. The molecule has 0 heterocycles. The van der Waals surface area contributed by atoms with Crippen LogP contribution >= 0.6 is 12.2 Å². The molecule has 0 atom stereocenters. The molecule has 1 aromatic carbocycles. The molecule has 0 fully saturated rings. The number of hydrogen-bond acceptors (Lipinski definition) is 3. The van der Waals surface area contributed by atoms with Gasteiger partial charge in [-0.1, -0.05) is 13.3 Å². The Hall–Kier alpha value is -1.62. The second-order valence-electron chi connectivity index (χ2n) is 3.57. The fraction of sp³-hybridized carbons (Fsp3) is 0.333. The summed E-state index contributed by atoms with van der Waals surface area (Å²) in [6.07, 6.45) is 3.86. The van der Waals surface area contributed by atoms with Crippen molar-refractivity contribution in [3.63, 3.8) is 0 Å². The zero-order valence-corrected chi connectivity index (χ0v) is 10.6. The molecule has 0 radical (unpaired) electrons. The molecule has 1 rings (SSSR count). The average Bonchev–Trinajstić information content (AvgIpc) is 2.32. The van der Waals surface area contributed by atoms with Gasteiger partial charge in [0, 0.05) is 6.54 Å². The van der Waals surface area contributed by atoms with Gasteiger partial charge in [0.05, 0.1) is 6.21 Å². The molecule has 0 bridgehead atoms. The average molecular weight is 251 g/mol. The van der Waals surface area contributed by atoms with Gasteiger partial charge in [0.15, 0.2) is 5.11 Å². The molecule has 1 aromatic rings. The fourth-order valence-electron chi connectivity index (χ4n) is 1.14. The molecule has 5 heteroatoms. The van der Waals surface area contributed by atoms with Crippen LogP contribution in [-0.4, -0.2) is 23.0 Å². The van der Waals surface area contributed by atoms with Gasteiger partial charge in [-0.05, 0) is 48.5 Å². The third kappa shape index (κ3) is 5.87. The maximum atomic E-state index is 9.10. The highest BCUT2D eigenvalue weighted by atomic mass is 32.1. The van der Waals surface area contributed by atoms with Crippen LogP contribution in [0, 0.1) is 0 Å². The number of hydrogen-bond donors (Lipinski definition) is 3. The maximum Gasteiger partial charge on any atom is 0.186 e. The minimum absolute atomic E-state index is 0.242. The fourth-order valence-corrected chi connectivity index (χ4v) is 1.30. The molecule has 0 unspecified atom stereocenters. The van der Waals surface area contributed by atoms with Gasteiger partial charge >= 0.3 is 0 Å². The highest BCUT2D eigenvalue weighted by Gasteiger charge is 1.91. The van der Waals surface area contributed by atoms with Crippen LogP contribution in [0.4, 0.5) is 0 Å². The zero-order chi connectivity index (χ0) is 12.5. The Morgan fingerprint density at radius 3 is 2.76 bits per heavy atom. The van der Waals surface area contributed by atoms with E-state index in [0.29, 0.717) is 5.11 Å². The Kier molecular flexibility index (Phi) is 6.03. The van der Waals surface area contributed by atoms with Gasteiger partial charge in [-0.3, -0.25) is 5.43 Å². The number of thiocarbonyl (C=S) groups is 1. The molecular weight excluding hydrogens is 234 g/mol. The number of phenols is 1. The van der Waals surface area contributed by atoms with Gasteiger partial charge in [-0.15, -0.1) is 0 Å². The molecule has 0 aromatic heterocycles. The lowest BCUT2D eigenvalue weighted by atomic mass is 10.2. The lowest BCUT2D eigenvalue weighted by Gasteiger charge is -2.05. The summed E-state index contributed by atoms with van der Waals surface area (Å²) in [5.74, 6) is 0.242. The highest BCUT2D eigenvalue weighted by molar-refractivity contribution is 7.80. The van der Waals surface area contributed by atoms with Crippen LogP contribution < -0.4 is 10.7 Å². The van der Waals surface area contributed by atoms with E-state index in [4.69, 9.17) is 17.3 Å². The first kappa shape index (κ1) is 13.4. The summed E-state index contributed by atoms with van der Waals surface area (Å²) in [4.78, 5) is 0. The molecule has 0 aliphatic rings. The SMILES string of the molecule is CCCCNC(=S)NN=Cc1ccc(O)cc1. The van der Waals surface area contributed by atoms with Crippen molar-refractivity contribution in [1.82, 2.24) is 10.7 Å². The molecule has 4 nitrogen and oxygen atoms in total. The summed E-state index contributed by atoms with van der Waals surface area (Å²) < 4.78 is 0. The van der Waals surface area contributed by atoms with E-state index in [0.717, 1.165) is 24.9 Å². The molecule has 3 N–H and O–H groups in total. The van der Waals surface area contributed by atoms with E-state index < -0.39 is 0 Å². The van der Waals surface area contributed by atoms with Crippen LogP contribution in [0.5, 0.6) is 5.75 Å². The Labute approximate surface area is 107 Å². The topological polar surface area (TPSA) is 56.7 Å². The smallest absolute Gasteiger partial charge is 0.186 e. The number of rotatable bonds is 5. The van der Waals surface area contributed by atoms with E-state index >= 15 is 0 Å². The summed E-state index contributed by atoms with van der Waals surface area (Å²) in [6, 6.07) is 6.76. The number of unbranched alkanes of at least 4 members (excludes halogenated alkanes) is 1. The lowest BCUT2D eigenvalue weighted by Crippen LogP contribution is -2.32. The highest BCUT2D eigenvalue weighted by Crippen LogP contribution is 2.07. The van der Waals surface area contributed by atoms with Crippen molar-refractivity contribution in [3.8, 4) is 5.75 Å². The van der Waals surface area contributed by atoms with Crippen molar-refractivity contribution in [2.45, 2.75) is 19.8 Å². The van der Waals surface area contributed by atoms with Crippen molar-refractivity contribution < 1.29 is 5.11 Å². The Morgan fingerprint density at radius 1 is 1.41 bits per heavy atom. The minimum Gasteiger partial charge on any atom is -0.508 e. The largest absolute Gasteiger partial charge is 0.508 e. The van der Waals surface area contributed by atoms with Crippen molar-refractivity contribution in [2.75, 3.05) is 6.54 Å². The summed E-state index contributed by atoms with van der Waals surface area (Å²) in [7, 11) is 0. The number of aromatic hydroxyl groups is 1. The van der Waals surface area contributed by atoms with Crippen LogP contribution in [0.25, 0.3) is 0 Å². The number of benzene rings is 1. The van der Waals surface area contributed by atoms with Crippen LogP contribution in [0.1, 0.15) is 25.3 Å². The van der Waals surface area contributed by atoms with E-state index in [-0.39, 0.29) is 5.75 Å². The van der Waals surface area contributed by atoms with Crippen LogP contribution in [-0.2, 0) is 0 Å². The monoisotopic (exact) mass is 251 g/mol. The number of nitrogens with zero attached hydrogens (tertiary/aromatic N) is 1. The molecular formula is C12H17N3OS. The van der Waals surface area contributed by atoms with Crippen molar-refractivity contribution in [1.29, 1.82) is 0 Å². The number of nitrogens with one attached hydrogen (secondary N) is 2. The first-order valence-corrected chi connectivity index (χ1v) is 5.99.